The molecule has 0 bridgehead atoms. The second-order valence-corrected chi connectivity index (χ2v) is 8.04. The monoisotopic (exact) mass is 426 g/mol. The molecule has 0 unspecified atom stereocenters. The molecular weight excluding hydrogens is 407 g/mol. The molecule has 29 heavy (non-hydrogen) atoms. The zero-order chi connectivity index (χ0) is 19.8. The van der Waals surface area contributed by atoms with E-state index in [4.69, 9.17) is 37.9 Å². The predicted octanol–water partition coefficient (Wildman–Crippen LogP) is 4.92. The van der Waals surface area contributed by atoms with E-state index in [1.165, 1.54) is 0 Å². The van der Waals surface area contributed by atoms with Crippen molar-refractivity contribution in [3.63, 3.8) is 0 Å². The van der Waals surface area contributed by atoms with Crippen LogP contribution in [0.2, 0.25) is 10.0 Å². The van der Waals surface area contributed by atoms with Gasteiger partial charge in [-0.15, -0.1) is 0 Å². The summed E-state index contributed by atoms with van der Waals surface area (Å²) in [4.78, 5) is 12.3. The van der Waals surface area contributed by atoms with Gasteiger partial charge in [-0.25, -0.2) is 9.97 Å². The summed E-state index contributed by atoms with van der Waals surface area (Å²) < 4.78 is 5.56. The van der Waals surface area contributed by atoms with E-state index in [0.29, 0.717) is 29.1 Å². The normalized spacial score (nSPS) is 15.9. The third kappa shape index (κ3) is 3.66. The Labute approximate surface area is 179 Å². The number of aromatic nitrogens is 2. The van der Waals surface area contributed by atoms with Gasteiger partial charge < -0.3 is 15.0 Å². The zero-order valence-electron chi connectivity index (χ0n) is 15.8. The largest absolute Gasteiger partial charge is 0.384 e. The van der Waals surface area contributed by atoms with Crippen LogP contribution >= 0.6 is 23.2 Å². The average molecular weight is 427 g/mol. The number of ether oxygens (including phenoxy) is 1. The van der Waals surface area contributed by atoms with Crippen LogP contribution in [-0.4, -0.2) is 42.8 Å². The molecular formula is C22H20Cl2N4O. The van der Waals surface area contributed by atoms with Crippen LogP contribution in [-0.2, 0) is 11.2 Å². The number of halogens is 2. The molecule has 3 heterocycles. The summed E-state index contributed by atoms with van der Waals surface area (Å²) >= 11 is 12.3. The summed E-state index contributed by atoms with van der Waals surface area (Å²) in [6.45, 7) is 3.87. The number of morpholine rings is 1. The molecule has 148 valence electrons. The van der Waals surface area contributed by atoms with Gasteiger partial charge in [0.1, 0.15) is 5.82 Å². The van der Waals surface area contributed by atoms with E-state index in [2.05, 4.69) is 10.2 Å². The Kier molecular flexibility index (Phi) is 5.04. The van der Waals surface area contributed by atoms with Crippen LogP contribution in [0, 0.1) is 0 Å². The molecule has 2 aliphatic heterocycles. The smallest absolute Gasteiger partial charge is 0.162 e. The van der Waals surface area contributed by atoms with Gasteiger partial charge in [0.2, 0.25) is 0 Å². The maximum Gasteiger partial charge on any atom is 0.162 e. The van der Waals surface area contributed by atoms with Crippen molar-refractivity contribution < 1.29 is 4.74 Å². The fourth-order valence-corrected chi connectivity index (χ4v) is 4.18. The zero-order valence-corrected chi connectivity index (χ0v) is 17.3. The van der Waals surface area contributed by atoms with Crippen molar-refractivity contribution in [1.29, 1.82) is 0 Å². The molecule has 0 spiro atoms. The Morgan fingerprint density at radius 2 is 1.69 bits per heavy atom. The lowest BCUT2D eigenvalue weighted by Gasteiger charge is -2.30. The average Bonchev–Trinajstić information content (AvgIpc) is 2.93. The van der Waals surface area contributed by atoms with E-state index < -0.39 is 0 Å². The lowest BCUT2D eigenvalue weighted by atomic mass is 10.0. The molecule has 1 saturated heterocycles. The molecule has 5 rings (SSSR count). The fourth-order valence-electron chi connectivity index (χ4n) is 3.88. The number of anilines is 2. The second-order valence-electron chi connectivity index (χ2n) is 7.17. The Morgan fingerprint density at radius 3 is 2.48 bits per heavy atom. The summed E-state index contributed by atoms with van der Waals surface area (Å²) in [6, 6.07) is 13.6. The summed E-state index contributed by atoms with van der Waals surface area (Å²) in [5.41, 5.74) is 5.12. The minimum atomic E-state index is 0.695. The first kappa shape index (κ1) is 18.7. The lowest BCUT2D eigenvalue weighted by Crippen LogP contribution is -2.37. The van der Waals surface area contributed by atoms with Crippen molar-refractivity contribution in [1.82, 2.24) is 9.97 Å². The van der Waals surface area contributed by atoms with E-state index in [9.17, 15) is 0 Å². The van der Waals surface area contributed by atoms with Crippen molar-refractivity contribution >= 4 is 34.7 Å². The van der Waals surface area contributed by atoms with Crippen molar-refractivity contribution in [2.24, 2.45) is 0 Å². The highest BCUT2D eigenvalue weighted by Gasteiger charge is 2.25. The van der Waals surface area contributed by atoms with Gasteiger partial charge in [0.05, 0.1) is 18.9 Å². The maximum absolute atomic E-state index is 6.24. The number of hydrogen-bond acceptors (Lipinski definition) is 5. The van der Waals surface area contributed by atoms with Crippen LogP contribution in [0.25, 0.3) is 22.6 Å². The molecule has 5 nitrogen and oxygen atoms in total. The van der Waals surface area contributed by atoms with E-state index in [0.717, 1.165) is 59.9 Å². The fraction of sp³-hybridized carbons (Fsp3) is 0.273. The van der Waals surface area contributed by atoms with E-state index in [-0.39, 0.29) is 0 Å². The molecule has 7 heteroatoms. The molecule has 0 radical (unpaired) electrons. The van der Waals surface area contributed by atoms with Gasteiger partial charge in [-0.2, -0.15) is 0 Å². The van der Waals surface area contributed by atoms with Crippen LogP contribution in [0.1, 0.15) is 5.56 Å². The first-order valence-corrected chi connectivity index (χ1v) is 10.5. The van der Waals surface area contributed by atoms with E-state index in [1.54, 1.807) is 0 Å². The number of benzene rings is 2. The van der Waals surface area contributed by atoms with Gasteiger partial charge in [-0.3, -0.25) is 0 Å². The predicted molar refractivity (Wildman–Crippen MR) is 118 cm³/mol. The van der Waals surface area contributed by atoms with Crippen molar-refractivity contribution in [2.75, 3.05) is 43.1 Å². The molecule has 1 N–H and O–H groups in total. The molecule has 0 aliphatic carbocycles. The SMILES string of the molecule is Clc1ccc(-c2nc3c(c(N4CCOCC4)n2)CCNc2cc(Cl)ccc2-3)cc1. The number of nitrogens with zero attached hydrogens (tertiary/aromatic N) is 3. The summed E-state index contributed by atoms with van der Waals surface area (Å²) in [6.07, 6.45) is 0.842. The van der Waals surface area contributed by atoms with E-state index in [1.807, 2.05) is 42.5 Å². The van der Waals surface area contributed by atoms with Gasteiger partial charge in [-0.1, -0.05) is 23.2 Å². The topological polar surface area (TPSA) is 50.3 Å². The van der Waals surface area contributed by atoms with Gasteiger partial charge in [0, 0.05) is 52.1 Å². The van der Waals surface area contributed by atoms with Crippen molar-refractivity contribution in [3.8, 4) is 22.6 Å². The number of rotatable bonds is 2. The molecule has 3 aromatic rings. The Balaban J connectivity index is 1.73. The summed E-state index contributed by atoms with van der Waals surface area (Å²) in [5.74, 6) is 1.69. The molecule has 0 saturated carbocycles. The van der Waals surface area contributed by atoms with Crippen LogP contribution in [0.15, 0.2) is 42.5 Å². The highest BCUT2D eigenvalue weighted by Crippen LogP contribution is 2.38. The van der Waals surface area contributed by atoms with Gasteiger partial charge in [0.15, 0.2) is 5.82 Å². The second kappa shape index (κ2) is 7.82. The number of fused-ring (bicyclic) bond motifs is 3. The third-order valence-corrected chi connectivity index (χ3v) is 5.81. The van der Waals surface area contributed by atoms with Crippen LogP contribution in [0.3, 0.4) is 0 Å². The molecule has 2 aromatic carbocycles. The minimum absolute atomic E-state index is 0.695. The van der Waals surface area contributed by atoms with E-state index >= 15 is 0 Å². The number of nitrogens with one attached hydrogen (secondary N) is 1. The van der Waals surface area contributed by atoms with Gasteiger partial charge in [-0.05, 0) is 48.9 Å². The summed E-state index contributed by atoms with van der Waals surface area (Å²) in [7, 11) is 0. The number of hydrogen-bond donors (Lipinski definition) is 1. The minimum Gasteiger partial charge on any atom is -0.384 e. The Hall–Kier alpha value is -2.34. The molecule has 1 aromatic heterocycles. The van der Waals surface area contributed by atoms with Crippen LogP contribution in [0.4, 0.5) is 11.5 Å². The maximum atomic E-state index is 6.24. The van der Waals surface area contributed by atoms with Crippen LogP contribution in [0.5, 0.6) is 0 Å². The van der Waals surface area contributed by atoms with Gasteiger partial charge in [0.25, 0.3) is 0 Å². The highest BCUT2D eigenvalue weighted by molar-refractivity contribution is 6.31. The van der Waals surface area contributed by atoms with Crippen LogP contribution < -0.4 is 10.2 Å². The highest BCUT2D eigenvalue weighted by atomic mass is 35.5. The summed E-state index contributed by atoms with van der Waals surface area (Å²) in [5, 5.41) is 4.90. The molecule has 2 aliphatic rings. The standard InChI is InChI=1S/C22H20Cl2N4O/c23-15-3-1-14(2-4-15)21-26-20-17-6-5-16(24)13-19(17)25-8-7-18(20)22(27-21)28-9-11-29-12-10-28/h1-6,13,25H,7-12H2. The third-order valence-electron chi connectivity index (χ3n) is 5.33. The Morgan fingerprint density at radius 1 is 0.931 bits per heavy atom. The first-order valence-electron chi connectivity index (χ1n) is 9.72. The van der Waals surface area contributed by atoms with Crippen molar-refractivity contribution in [2.45, 2.75) is 6.42 Å². The molecule has 1 fully saturated rings. The van der Waals surface area contributed by atoms with Gasteiger partial charge >= 0.3 is 0 Å². The molecule has 0 atom stereocenters. The van der Waals surface area contributed by atoms with Crippen molar-refractivity contribution in [3.05, 3.63) is 58.1 Å². The Bertz CT molecular complexity index is 1050. The first-order chi connectivity index (χ1) is 14.2. The molecule has 0 amide bonds. The lowest BCUT2D eigenvalue weighted by molar-refractivity contribution is 0.122. The quantitative estimate of drug-likeness (QED) is 0.629.